The molecule has 0 fully saturated rings. The van der Waals surface area contributed by atoms with E-state index in [9.17, 15) is 13.5 Å². The number of sulfonamides is 1. The molecule has 23 heavy (non-hydrogen) atoms. The molecule has 5 N–H and O–H groups in total. The summed E-state index contributed by atoms with van der Waals surface area (Å²) in [6, 6.07) is 3.44. The molecular weight excluding hydrogens is 386 g/mol. The Morgan fingerprint density at radius 2 is 2.13 bits per heavy atom. The zero-order chi connectivity index (χ0) is 15.0. The van der Waals surface area contributed by atoms with Crippen molar-refractivity contribution in [2.24, 2.45) is 4.99 Å². The van der Waals surface area contributed by atoms with Gasteiger partial charge in [0.05, 0.1) is 18.5 Å². The molecule has 1 heterocycles. The highest BCUT2D eigenvalue weighted by molar-refractivity contribution is 8.93. The number of nitrogens with one attached hydrogen (secondary N) is 2. The number of hydrogen-bond donors (Lipinski definition) is 3. The van der Waals surface area contributed by atoms with E-state index in [2.05, 4.69) is 15.0 Å². The fraction of sp³-hybridized carbons (Fsp3) is 0.500. The molecule has 3 rings (SSSR count). The first-order valence-electron chi connectivity index (χ1n) is 7.06. The number of phenolic OH excluding ortho intramolecular Hbond substituents is 1. The van der Waals surface area contributed by atoms with E-state index in [0.29, 0.717) is 5.69 Å². The van der Waals surface area contributed by atoms with Gasteiger partial charge < -0.3 is 15.9 Å². The van der Waals surface area contributed by atoms with Gasteiger partial charge in [-0.25, -0.2) is 8.42 Å². The second kappa shape index (κ2) is 7.50. The standard InChI is InChI=1S/C14H19N3O3S.BrH.H2O/c1-21(19,20)17-13-10-3-2-4-11(14-15-7-8-16-14)9(10)5-6-12(13)18;;/h5-6,11,17-18H,2-4,7-8H2,1H3,(H,15,16);1H;1H2. The fourth-order valence-corrected chi connectivity index (χ4v) is 3.72. The Hall–Kier alpha value is -1.32. The third-order valence-corrected chi connectivity index (χ3v) is 4.51. The molecule has 1 atom stereocenters. The third kappa shape index (κ3) is 4.15. The van der Waals surface area contributed by atoms with Gasteiger partial charge in [0.1, 0.15) is 11.6 Å². The Kier molecular flexibility index (Phi) is 6.43. The van der Waals surface area contributed by atoms with Crippen molar-refractivity contribution in [2.45, 2.75) is 25.2 Å². The first kappa shape index (κ1) is 19.7. The molecule has 2 aliphatic rings. The molecule has 0 amide bonds. The van der Waals surface area contributed by atoms with Gasteiger partial charge in [-0.2, -0.15) is 0 Å². The van der Waals surface area contributed by atoms with E-state index in [1.165, 1.54) is 0 Å². The Morgan fingerprint density at radius 1 is 1.39 bits per heavy atom. The molecule has 9 heteroatoms. The number of amidine groups is 1. The molecule has 1 unspecified atom stereocenters. The largest absolute Gasteiger partial charge is 0.506 e. The lowest BCUT2D eigenvalue weighted by atomic mass is 9.81. The molecule has 130 valence electrons. The highest BCUT2D eigenvalue weighted by atomic mass is 79.9. The highest BCUT2D eigenvalue weighted by Gasteiger charge is 2.29. The van der Waals surface area contributed by atoms with E-state index in [1.54, 1.807) is 6.07 Å². The van der Waals surface area contributed by atoms with Crippen LogP contribution >= 0.6 is 17.0 Å². The monoisotopic (exact) mass is 407 g/mol. The lowest BCUT2D eigenvalue weighted by molar-refractivity contribution is 0.475. The minimum Gasteiger partial charge on any atom is -0.506 e. The van der Waals surface area contributed by atoms with Gasteiger partial charge in [0.2, 0.25) is 10.0 Å². The third-order valence-electron chi connectivity index (χ3n) is 3.94. The summed E-state index contributed by atoms with van der Waals surface area (Å²) in [4.78, 5) is 4.49. The van der Waals surface area contributed by atoms with Crippen LogP contribution in [0.5, 0.6) is 5.75 Å². The summed E-state index contributed by atoms with van der Waals surface area (Å²) in [6.45, 7) is 1.64. The number of halogens is 1. The normalized spacial score (nSPS) is 19.5. The number of aromatic hydroxyl groups is 1. The van der Waals surface area contributed by atoms with E-state index in [4.69, 9.17) is 0 Å². The van der Waals surface area contributed by atoms with Gasteiger partial charge in [0, 0.05) is 12.5 Å². The van der Waals surface area contributed by atoms with Crippen LogP contribution in [0.15, 0.2) is 17.1 Å². The number of nitrogens with zero attached hydrogens (tertiary/aromatic N) is 1. The topological polar surface area (TPSA) is 122 Å². The van der Waals surface area contributed by atoms with E-state index >= 15 is 0 Å². The molecule has 0 radical (unpaired) electrons. The van der Waals surface area contributed by atoms with Crippen molar-refractivity contribution < 1.29 is 19.0 Å². The second-order valence-corrected chi connectivity index (χ2v) is 7.29. The van der Waals surface area contributed by atoms with Crippen LogP contribution in [0.4, 0.5) is 5.69 Å². The van der Waals surface area contributed by atoms with Crippen LogP contribution in [0.2, 0.25) is 0 Å². The van der Waals surface area contributed by atoms with Crippen LogP contribution < -0.4 is 10.0 Å². The van der Waals surface area contributed by atoms with Crippen molar-refractivity contribution in [2.75, 3.05) is 24.1 Å². The maximum atomic E-state index is 11.5. The molecule has 0 bridgehead atoms. The number of hydrogen-bond acceptors (Lipinski definition) is 5. The van der Waals surface area contributed by atoms with Crippen LogP contribution in [0.3, 0.4) is 0 Å². The Bertz CT molecular complexity index is 706. The average Bonchev–Trinajstić information content (AvgIpc) is 2.94. The first-order chi connectivity index (χ1) is 9.96. The van der Waals surface area contributed by atoms with Crippen molar-refractivity contribution in [1.29, 1.82) is 0 Å². The summed E-state index contributed by atoms with van der Waals surface area (Å²) in [5.74, 6) is 1.12. The molecule has 0 saturated heterocycles. The van der Waals surface area contributed by atoms with Gasteiger partial charge in [-0.05, 0) is 36.5 Å². The molecule has 0 aromatic heterocycles. The summed E-state index contributed by atoms with van der Waals surface area (Å²) in [5, 5.41) is 13.3. The predicted molar refractivity (Wildman–Crippen MR) is 96.5 cm³/mol. The molecule has 0 spiro atoms. The van der Waals surface area contributed by atoms with Crippen LogP contribution in [0.1, 0.15) is 29.9 Å². The molecule has 0 saturated carbocycles. The minimum atomic E-state index is -3.43. The van der Waals surface area contributed by atoms with Crippen molar-refractivity contribution in [3.8, 4) is 5.75 Å². The average molecular weight is 408 g/mol. The van der Waals surface area contributed by atoms with Crippen LogP contribution in [0, 0.1) is 0 Å². The predicted octanol–water partition coefficient (Wildman–Crippen LogP) is 0.938. The van der Waals surface area contributed by atoms with E-state index in [1.807, 2.05) is 6.07 Å². The Balaban J connectivity index is 0.00000132. The quantitative estimate of drug-likeness (QED) is 0.644. The number of aliphatic imine (C=N–C) groups is 1. The van der Waals surface area contributed by atoms with Crippen molar-refractivity contribution in [3.63, 3.8) is 0 Å². The molecule has 1 aliphatic carbocycles. The van der Waals surface area contributed by atoms with Crippen molar-refractivity contribution in [1.82, 2.24) is 5.32 Å². The van der Waals surface area contributed by atoms with Crippen molar-refractivity contribution in [3.05, 3.63) is 23.3 Å². The van der Waals surface area contributed by atoms with Gasteiger partial charge in [-0.3, -0.25) is 9.71 Å². The molecule has 1 aromatic carbocycles. The summed E-state index contributed by atoms with van der Waals surface area (Å²) >= 11 is 0. The zero-order valence-corrected chi connectivity index (χ0v) is 15.3. The number of benzene rings is 1. The fourth-order valence-electron chi connectivity index (χ4n) is 3.12. The summed E-state index contributed by atoms with van der Waals surface area (Å²) in [5.41, 5.74) is 2.25. The van der Waals surface area contributed by atoms with Gasteiger partial charge in [-0.1, -0.05) is 6.07 Å². The summed E-state index contributed by atoms with van der Waals surface area (Å²) in [7, 11) is -3.43. The zero-order valence-electron chi connectivity index (χ0n) is 12.8. The Morgan fingerprint density at radius 3 is 2.74 bits per heavy atom. The molecular formula is C14H22BrN3O4S. The Labute approximate surface area is 146 Å². The number of anilines is 1. The van der Waals surface area contributed by atoms with E-state index in [0.717, 1.165) is 55.6 Å². The molecule has 1 aliphatic heterocycles. The molecule has 7 nitrogen and oxygen atoms in total. The van der Waals surface area contributed by atoms with E-state index < -0.39 is 10.0 Å². The second-order valence-electron chi connectivity index (χ2n) is 5.54. The first-order valence-corrected chi connectivity index (χ1v) is 8.95. The van der Waals surface area contributed by atoms with Gasteiger partial charge in [-0.15, -0.1) is 17.0 Å². The van der Waals surface area contributed by atoms with E-state index in [-0.39, 0.29) is 34.1 Å². The van der Waals surface area contributed by atoms with Gasteiger partial charge in [0.25, 0.3) is 0 Å². The maximum absolute atomic E-state index is 11.5. The lowest BCUT2D eigenvalue weighted by Crippen LogP contribution is -2.28. The van der Waals surface area contributed by atoms with Crippen molar-refractivity contribution >= 4 is 38.5 Å². The van der Waals surface area contributed by atoms with Crippen LogP contribution in [0.25, 0.3) is 0 Å². The minimum absolute atomic E-state index is 0. The van der Waals surface area contributed by atoms with Crippen LogP contribution in [-0.2, 0) is 16.4 Å². The maximum Gasteiger partial charge on any atom is 0.229 e. The number of fused-ring (bicyclic) bond motifs is 1. The molecule has 1 aromatic rings. The summed E-state index contributed by atoms with van der Waals surface area (Å²) in [6.07, 6.45) is 3.78. The van der Waals surface area contributed by atoms with Gasteiger partial charge >= 0.3 is 0 Å². The number of rotatable bonds is 3. The van der Waals surface area contributed by atoms with Gasteiger partial charge in [0.15, 0.2) is 0 Å². The lowest BCUT2D eigenvalue weighted by Gasteiger charge is -2.28. The number of phenols is 1. The van der Waals surface area contributed by atoms with Crippen LogP contribution in [-0.4, -0.2) is 44.2 Å². The smallest absolute Gasteiger partial charge is 0.229 e. The highest BCUT2D eigenvalue weighted by Crippen LogP contribution is 2.40. The summed E-state index contributed by atoms with van der Waals surface area (Å²) < 4.78 is 25.5. The SMILES string of the molecule is Br.CS(=O)(=O)Nc1c(O)ccc2c1CCCC2C1=NCCN1.O.